The summed E-state index contributed by atoms with van der Waals surface area (Å²) in [6.07, 6.45) is 0. The number of amides is 3. The Balaban J connectivity index is 2.15. The number of hydrogen-bond donors (Lipinski definition) is 3. The van der Waals surface area contributed by atoms with Crippen LogP contribution in [0.25, 0.3) is 0 Å². The summed E-state index contributed by atoms with van der Waals surface area (Å²) in [6.45, 7) is 0. The minimum Gasteiger partial charge on any atom is -0.366 e. The molecule has 2 aromatic rings. The molecule has 0 fully saturated rings. The number of urea groups is 1. The van der Waals surface area contributed by atoms with Crippen LogP contribution in [-0.2, 0) is 0 Å². The molecule has 0 saturated carbocycles. The number of nitrogens with one attached hydrogen (secondary N) is 1. The predicted molar refractivity (Wildman–Crippen MR) is 96.9 cm³/mol. The minimum atomic E-state index is -0.558. The summed E-state index contributed by atoms with van der Waals surface area (Å²) in [5.41, 5.74) is 6.29. The Morgan fingerprint density at radius 2 is 1.57 bits per heavy atom. The van der Waals surface area contributed by atoms with Crippen molar-refractivity contribution in [3.63, 3.8) is 0 Å². The zero-order chi connectivity index (χ0) is 17.1. The molecule has 0 aliphatic rings. The number of primary amides is 1. The van der Waals surface area contributed by atoms with Crippen LogP contribution in [0.5, 0.6) is 0 Å². The van der Waals surface area contributed by atoms with Gasteiger partial charge in [0.1, 0.15) is 0 Å². The van der Waals surface area contributed by atoms with E-state index in [1.165, 1.54) is 36.4 Å². The van der Waals surface area contributed by atoms with Gasteiger partial charge in [-0.15, -0.1) is 0 Å². The lowest BCUT2D eigenvalue weighted by Gasteiger charge is -2.17. The number of nitrogens with zero attached hydrogens (tertiary/aromatic N) is 1. The van der Waals surface area contributed by atoms with Gasteiger partial charge in [-0.3, -0.25) is 4.79 Å². The topological polar surface area (TPSA) is 75.4 Å². The number of hydrogen-bond acceptors (Lipinski definition) is 3. The van der Waals surface area contributed by atoms with Crippen molar-refractivity contribution >= 4 is 70.9 Å². The zero-order valence-electron chi connectivity index (χ0n) is 11.4. The van der Waals surface area contributed by atoms with Gasteiger partial charge in [-0.25, -0.2) is 9.10 Å². The number of benzene rings is 2. The van der Waals surface area contributed by atoms with E-state index in [1.54, 1.807) is 0 Å². The quantitative estimate of drug-likeness (QED) is 0.528. The summed E-state index contributed by atoms with van der Waals surface area (Å²) in [4.78, 5) is 23.2. The summed E-state index contributed by atoms with van der Waals surface area (Å²) < 4.78 is 1.06. The monoisotopic (exact) mass is 389 g/mol. The van der Waals surface area contributed by atoms with Crippen molar-refractivity contribution in [1.82, 2.24) is 0 Å². The molecular formula is C14H10Cl3N3O2S. The lowest BCUT2D eigenvalue weighted by molar-refractivity contribution is 0.100. The second-order valence-electron chi connectivity index (χ2n) is 4.41. The van der Waals surface area contributed by atoms with Crippen molar-refractivity contribution < 1.29 is 9.59 Å². The molecule has 0 heterocycles. The van der Waals surface area contributed by atoms with E-state index in [0.717, 1.165) is 4.31 Å². The highest BCUT2D eigenvalue weighted by atomic mass is 35.5. The third kappa shape index (κ3) is 4.23. The molecule has 0 saturated heterocycles. The first-order chi connectivity index (χ1) is 10.8. The van der Waals surface area contributed by atoms with E-state index in [0.29, 0.717) is 16.9 Å². The number of rotatable bonds is 3. The maximum atomic E-state index is 12.2. The predicted octanol–water partition coefficient (Wildman–Crippen LogP) is 4.63. The zero-order valence-corrected chi connectivity index (χ0v) is 14.5. The van der Waals surface area contributed by atoms with Crippen molar-refractivity contribution in [2.45, 2.75) is 0 Å². The van der Waals surface area contributed by atoms with Gasteiger partial charge in [-0.2, -0.15) is 0 Å². The first kappa shape index (κ1) is 17.7. The van der Waals surface area contributed by atoms with Crippen LogP contribution in [0.1, 0.15) is 10.4 Å². The van der Waals surface area contributed by atoms with Crippen LogP contribution in [0.15, 0.2) is 36.4 Å². The molecule has 5 nitrogen and oxygen atoms in total. The highest BCUT2D eigenvalue weighted by Gasteiger charge is 2.14. The van der Waals surface area contributed by atoms with Crippen molar-refractivity contribution in [1.29, 1.82) is 0 Å². The molecule has 0 atom stereocenters. The van der Waals surface area contributed by atoms with E-state index < -0.39 is 11.9 Å². The highest BCUT2D eigenvalue weighted by Crippen LogP contribution is 2.33. The highest BCUT2D eigenvalue weighted by molar-refractivity contribution is 7.82. The first-order valence-corrected chi connectivity index (χ1v) is 7.67. The summed E-state index contributed by atoms with van der Waals surface area (Å²) in [6, 6.07) is 8.43. The van der Waals surface area contributed by atoms with E-state index >= 15 is 0 Å². The smallest absolute Gasteiger partial charge is 0.336 e. The number of anilines is 2. The molecule has 0 unspecified atom stereocenters. The third-order valence-electron chi connectivity index (χ3n) is 2.82. The fourth-order valence-electron chi connectivity index (χ4n) is 1.69. The van der Waals surface area contributed by atoms with Gasteiger partial charge < -0.3 is 11.1 Å². The number of thiol groups is 1. The van der Waals surface area contributed by atoms with Crippen LogP contribution in [0.2, 0.25) is 15.1 Å². The molecule has 2 aromatic carbocycles. The maximum Gasteiger partial charge on any atom is 0.336 e. The van der Waals surface area contributed by atoms with Gasteiger partial charge in [0.2, 0.25) is 5.91 Å². The molecule has 0 aliphatic carbocycles. The number of nitrogens with two attached hydrogens (primary N) is 1. The molecule has 0 aromatic heterocycles. The fraction of sp³-hybridized carbons (Fsp3) is 0. The molecule has 3 amide bonds. The molecule has 0 aliphatic heterocycles. The van der Waals surface area contributed by atoms with E-state index in [4.69, 9.17) is 40.5 Å². The molecule has 3 N–H and O–H groups in total. The van der Waals surface area contributed by atoms with Crippen molar-refractivity contribution in [2.24, 2.45) is 5.73 Å². The van der Waals surface area contributed by atoms with E-state index in [-0.39, 0.29) is 15.1 Å². The normalized spacial score (nSPS) is 10.3. The average molecular weight is 391 g/mol. The summed E-state index contributed by atoms with van der Waals surface area (Å²) in [5, 5.41) is 3.21. The summed E-state index contributed by atoms with van der Waals surface area (Å²) in [7, 11) is 0. The summed E-state index contributed by atoms with van der Waals surface area (Å²) in [5.74, 6) is -0.558. The van der Waals surface area contributed by atoms with Gasteiger partial charge in [0.05, 0.1) is 20.8 Å². The van der Waals surface area contributed by atoms with Gasteiger partial charge in [-0.05, 0) is 36.4 Å². The number of halogens is 3. The molecular weight excluding hydrogens is 381 g/mol. The molecule has 23 heavy (non-hydrogen) atoms. The molecule has 0 bridgehead atoms. The average Bonchev–Trinajstić information content (AvgIpc) is 2.51. The second kappa shape index (κ2) is 7.31. The van der Waals surface area contributed by atoms with Gasteiger partial charge >= 0.3 is 6.03 Å². The number of carbonyl (C=O) groups is 2. The van der Waals surface area contributed by atoms with E-state index in [9.17, 15) is 9.59 Å². The van der Waals surface area contributed by atoms with Crippen LogP contribution in [0, 0.1) is 0 Å². The van der Waals surface area contributed by atoms with E-state index in [1.807, 2.05) is 0 Å². The standard InChI is InChI=1S/C14H10Cl3N3O2S/c15-10-5-8(6-11(16)12(10)17)19-14(22)20(23)9-3-1-7(2-4-9)13(18)21/h1-6,23H,(H2,18,21)(H,19,22). The van der Waals surface area contributed by atoms with Gasteiger partial charge in [0.15, 0.2) is 0 Å². The maximum absolute atomic E-state index is 12.2. The van der Waals surface area contributed by atoms with Crippen LogP contribution in [0.3, 0.4) is 0 Å². The number of carbonyl (C=O) groups excluding carboxylic acids is 2. The Labute approximate surface area is 152 Å². The Bertz CT molecular complexity index is 745. The van der Waals surface area contributed by atoms with Gasteiger partial charge in [0, 0.05) is 11.3 Å². The third-order valence-corrected chi connectivity index (χ3v) is 4.43. The van der Waals surface area contributed by atoms with Crippen molar-refractivity contribution in [3.05, 3.63) is 57.0 Å². The Morgan fingerprint density at radius 1 is 1.04 bits per heavy atom. The fourth-order valence-corrected chi connectivity index (χ4v) is 2.47. The lowest BCUT2D eigenvalue weighted by atomic mass is 10.2. The SMILES string of the molecule is NC(=O)c1ccc(N(S)C(=O)Nc2cc(Cl)c(Cl)c(Cl)c2)cc1. The summed E-state index contributed by atoms with van der Waals surface area (Å²) >= 11 is 21.8. The molecule has 0 spiro atoms. The molecule has 0 radical (unpaired) electrons. The lowest BCUT2D eigenvalue weighted by Crippen LogP contribution is -2.26. The second-order valence-corrected chi connectivity index (χ2v) is 6.00. The molecule has 2 rings (SSSR count). The Morgan fingerprint density at radius 3 is 2.04 bits per heavy atom. The minimum absolute atomic E-state index is 0.205. The Kier molecular flexibility index (Phi) is 5.64. The van der Waals surface area contributed by atoms with Crippen molar-refractivity contribution in [2.75, 3.05) is 9.62 Å². The van der Waals surface area contributed by atoms with Crippen LogP contribution in [0.4, 0.5) is 16.2 Å². The van der Waals surface area contributed by atoms with E-state index in [2.05, 4.69) is 18.1 Å². The first-order valence-electron chi connectivity index (χ1n) is 6.14. The molecule has 120 valence electrons. The van der Waals surface area contributed by atoms with Crippen LogP contribution in [-0.4, -0.2) is 11.9 Å². The van der Waals surface area contributed by atoms with Crippen molar-refractivity contribution in [3.8, 4) is 0 Å². The Hall–Kier alpha value is -1.60. The van der Waals surface area contributed by atoms with Gasteiger partial charge in [-0.1, -0.05) is 47.6 Å². The van der Waals surface area contributed by atoms with Gasteiger partial charge in [0.25, 0.3) is 0 Å². The molecule has 9 heteroatoms. The van der Waals surface area contributed by atoms with Crippen LogP contribution < -0.4 is 15.4 Å². The van der Waals surface area contributed by atoms with Crippen LogP contribution >= 0.6 is 47.6 Å². The largest absolute Gasteiger partial charge is 0.366 e.